The van der Waals surface area contributed by atoms with Crippen molar-refractivity contribution in [2.24, 2.45) is 22.2 Å². The van der Waals surface area contributed by atoms with Gasteiger partial charge < -0.3 is 133 Å². The van der Waals surface area contributed by atoms with Gasteiger partial charge in [0.15, 0.2) is 0 Å². The van der Waals surface area contributed by atoms with Gasteiger partial charge in [-0.2, -0.15) is 11.8 Å². The molecule has 0 aliphatic heterocycles. The fourth-order valence-corrected chi connectivity index (χ4v) is 8.53. The molecule has 1 atom stereocenters. The Labute approximate surface area is 666 Å². The van der Waals surface area contributed by atoms with Crippen molar-refractivity contribution < 1.29 is 142 Å². The SMILES string of the molecule is CCC(C)(C)C(=O)OCCOCCOCCOCCOCCOCCOCCOCCOCCOCCOCCOCCOCCOCCOCCOCCOCCOCCOCCOCCOCCOCCOCCOC.CCC(C)(C)C(=O)OCCSCC(C)(C)C(=O)OC.CCC(C)C(=O)NCCCN(C)C. The number of thioether (sulfide) groups is 1. The lowest BCUT2D eigenvalue weighted by atomic mass is 9.91. The molecular formula is C77H154N2O30S. The Balaban J connectivity index is -0.00000292. The zero-order chi connectivity index (χ0) is 81.7. The quantitative estimate of drug-likeness (QED) is 0.0416. The van der Waals surface area contributed by atoms with E-state index in [1.54, 1.807) is 18.9 Å². The van der Waals surface area contributed by atoms with Crippen LogP contribution < -0.4 is 5.32 Å². The van der Waals surface area contributed by atoms with E-state index in [9.17, 15) is 19.2 Å². The minimum atomic E-state index is -0.508. The average Bonchev–Trinajstić information content (AvgIpc) is 0.904. The highest BCUT2D eigenvalue weighted by atomic mass is 32.2. The highest BCUT2D eigenvalue weighted by Gasteiger charge is 2.30. The summed E-state index contributed by atoms with van der Waals surface area (Å²) in [6.45, 7) is 43.6. The molecule has 1 N–H and O–H groups in total. The van der Waals surface area contributed by atoms with Crippen LogP contribution in [0.2, 0.25) is 0 Å². The molecule has 1 amide bonds. The molecule has 32 nitrogen and oxygen atoms in total. The Hall–Kier alpha value is -2.73. The van der Waals surface area contributed by atoms with E-state index in [2.05, 4.69) is 10.2 Å². The second kappa shape index (κ2) is 87.1. The zero-order valence-corrected chi connectivity index (χ0v) is 71.4. The molecule has 0 aromatic rings. The fourth-order valence-electron chi connectivity index (χ4n) is 7.56. The Kier molecular flexibility index (Phi) is 88.2. The van der Waals surface area contributed by atoms with Crippen LogP contribution in [0.15, 0.2) is 0 Å². The number of methoxy groups -OCH3 is 2. The summed E-state index contributed by atoms with van der Waals surface area (Å²) in [6.07, 6.45) is 3.43. The number of ether oxygens (including phenoxy) is 26. The van der Waals surface area contributed by atoms with Gasteiger partial charge in [-0.1, -0.05) is 27.7 Å². The monoisotopic (exact) mass is 1620 g/mol. The van der Waals surface area contributed by atoms with Crippen molar-refractivity contribution in [2.45, 2.75) is 94.9 Å². The molecule has 0 saturated heterocycles. The highest BCUT2D eigenvalue weighted by molar-refractivity contribution is 7.99. The molecule has 0 aliphatic rings. The van der Waals surface area contributed by atoms with Crippen molar-refractivity contribution >= 4 is 35.6 Å². The molecule has 1 unspecified atom stereocenters. The smallest absolute Gasteiger partial charge is 0.312 e. The second-order valence-electron chi connectivity index (χ2n) is 26.4. The predicted octanol–water partition coefficient (Wildman–Crippen LogP) is 5.98. The molecule has 0 aromatic heterocycles. The van der Waals surface area contributed by atoms with Gasteiger partial charge in [0, 0.05) is 31.1 Å². The van der Waals surface area contributed by atoms with Crippen LogP contribution in [0.5, 0.6) is 0 Å². The van der Waals surface area contributed by atoms with Crippen LogP contribution in [-0.2, 0) is 142 Å². The third kappa shape index (κ3) is 84.7. The third-order valence-electron chi connectivity index (χ3n) is 15.4. The molecule has 0 bridgehead atoms. The first kappa shape index (κ1) is 111. The molecule has 0 fully saturated rings. The zero-order valence-electron chi connectivity index (χ0n) is 70.6. The van der Waals surface area contributed by atoms with Crippen LogP contribution in [0, 0.1) is 22.2 Å². The molecule has 0 radical (unpaired) electrons. The highest BCUT2D eigenvalue weighted by Crippen LogP contribution is 2.25. The number of esters is 3. The summed E-state index contributed by atoms with van der Waals surface area (Å²) in [5, 5.41) is 2.92. The van der Waals surface area contributed by atoms with Gasteiger partial charge in [-0.25, -0.2) is 0 Å². The van der Waals surface area contributed by atoms with Gasteiger partial charge in [0.05, 0.1) is 321 Å². The summed E-state index contributed by atoms with van der Waals surface area (Å²) in [7, 11) is 7.11. The largest absolute Gasteiger partial charge is 0.469 e. The number of hydrogen-bond donors (Lipinski definition) is 1. The summed E-state index contributed by atoms with van der Waals surface area (Å²) >= 11 is 1.59. The molecule has 33 heteroatoms. The average molecular weight is 1620 g/mol. The van der Waals surface area contributed by atoms with Gasteiger partial charge in [-0.3, -0.25) is 19.2 Å². The minimum Gasteiger partial charge on any atom is -0.469 e. The maximum absolute atomic E-state index is 11.9. The topological polar surface area (TPSA) is 324 Å². The van der Waals surface area contributed by atoms with Crippen LogP contribution in [-0.4, -0.2) is 392 Å². The number of hydrogen-bond acceptors (Lipinski definition) is 32. The lowest BCUT2D eigenvalue weighted by molar-refractivity contribution is -0.156. The number of carbonyl (C=O) groups excluding carboxylic acids is 4. The number of nitrogens with one attached hydrogen (secondary N) is 1. The first-order chi connectivity index (χ1) is 53.3. The summed E-state index contributed by atoms with van der Waals surface area (Å²) in [4.78, 5) is 48.5. The van der Waals surface area contributed by atoms with Crippen molar-refractivity contribution in [1.29, 1.82) is 0 Å². The van der Waals surface area contributed by atoms with Crippen LogP contribution in [0.4, 0.5) is 0 Å². The van der Waals surface area contributed by atoms with Gasteiger partial charge in [0.2, 0.25) is 5.91 Å². The summed E-state index contributed by atoms with van der Waals surface area (Å²) in [5.74, 6) is 1.08. The molecular weight excluding hydrogens is 1460 g/mol. The second-order valence-corrected chi connectivity index (χ2v) is 27.5. The van der Waals surface area contributed by atoms with Gasteiger partial charge in [0.1, 0.15) is 13.2 Å². The van der Waals surface area contributed by atoms with Gasteiger partial charge in [0.25, 0.3) is 0 Å². The van der Waals surface area contributed by atoms with E-state index < -0.39 is 16.2 Å². The first-order valence-corrected chi connectivity index (χ1v) is 40.6. The fraction of sp³-hybridized carbons (Fsp3) is 0.948. The lowest BCUT2D eigenvalue weighted by Crippen LogP contribution is -2.31. The van der Waals surface area contributed by atoms with E-state index in [0.717, 1.165) is 38.8 Å². The molecule has 0 rings (SSSR count). The Bertz CT molecular complexity index is 1930. The van der Waals surface area contributed by atoms with E-state index in [1.807, 2.05) is 83.3 Å². The molecule has 0 aromatic carbocycles. The van der Waals surface area contributed by atoms with E-state index in [1.165, 1.54) is 7.11 Å². The van der Waals surface area contributed by atoms with Crippen molar-refractivity contribution in [3.8, 4) is 0 Å². The van der Waals surface area contributed by atoms with E-state index in [4.69, 9.17) is 123 Å². The normalized spacial score (nSPS) is 12.1. The maximum atomic E-state index is 11.9. The summed E-state index contributed by atoms with van der Waals surface area (Å²) in [5.41, 5.74) is -1.39. The van der Waals surface area contributed by atoms with Crippen molar-refractivity contribution in [1.82, 2.24) is 10.2 Å². The standard InChI is InChI=1S/C53H106O25.C14H26O4S.C10H22N2O/c1-5-53(2,3)52(54)78-51-50-77-49-48-76-47-46-75-45-44-74-43-42-73-41-40-72-39-38-71-37-36-70-35-34-69-33-32-68-31-30-67-29-28-66-27-26-65-25-24-64-23-22-63-21-20-62-19-18-61-17-16-60-15-14-59-13-12-58-11-10-57-9-8-56-7-6-55-4;1-7-13(2,3)12(16)18-8-9-19-10-14(4,5)11(15)17-6;1-5-9(2)10(13)11-7-6-8-12(3)4/h5-51H2,1-4H3;7-10H2,1-6H3;9H,5-8H2,1-4H3,(H,11,13). The Morgan fingerprint density at radius 2 is 0.536 bits per heavy atom. The van der Waals surface area contributed by atoms with Crippen LogP contribution >= 0.6 is 11.8 Å². The molecule has 0 aliphatic carbocycles. The number of rotatable bonds is 85. The maximum Gasteiger partial charge on any atom is 0.312 e. The van der Waals surface area contributed by atoms with Crippen molar-refractivity contribution in [3.63, 3.8) is 0 Å². The predicted molar refractivity (Wildman–Crippen MR) is 419 cm³/mol. The van der Waals surface area contributed by atoms with Gasteiger partial charge >= 0.3 is 17.9 Å². The summed E-state index contributed by atoms with van der Waals surface area (Å²) < 4.78 is 141. The van der Waals surface area contributed by atoms with Crippen LogP contribution in [0.25, 0.3) is 0 Å². The van der Waals surface area contributed by atoms with Crippen molar-refractivity contribution in [2.75, 3.05) is 363 Å². The molecule has 0 heterocycles. The Morgan fingerprint density at radius 1 is 0.318 bits per heavy atom. The summed E-state index contributed by atoms with van der Waals surface area (Å²) in [6, 6.07) is 0. The number of nitrogens with zero attached hydrogens (tertiary/aromatic N) is 1. The molecule has 0 saturated carbocycles. The minimum absolute atomic E-state index is 0.152. The van der Waals surface area contributed by atoms with Crippen LogP contribution in [0.1, 0.15) is 94.9 Å². The van der Waals surface area contributed by atoms with Crippen molar-refractivity contribution in [3.05, 3.63) is 0 Å². The van der Waals surface area contributed by atoms with Gasteiger partial charge in [-0.15, -0.1) is 0 Å². The lowest BCUT2D eigenvalue weighted by Gasteiger charge is -2.22. The first-order valence-electron chi connectivity index (χ1n) is 39.4. The van der Waals surface area contributed by atoms with E-state index >= 15 is 0 Å². The molecule has 110 heavy (non-hydrogen) atoms. The van der Waals surface area contributed by atoms with E-state index in [0.29, 0.717) is 315 Å². The Morgan fingerprint density at radius 3 is 0.736 bits per heavy atom. The number of amides is 1. The molecule has 658 valence electrons. The van der Waals surface area contributed by atoms with E-state index in [-0.39, 0.29) is 36.3 Å². The number of carbonyl (C=O) groups is 4. The third-order valence-corrected chi connectivity index (χ3v) is 16.8. The van der Waals surface area contributed by atoms with Crippen LogP contribution in [0.3, 0.4) is 0 Å². The van der Waals surface area contributed by atoms with Gasteiger partial charge in [-0.05, 0) is 87.9 Å². The molecule has 0 spiro atoms.